The van der Waals surface area contributed by atoms with E-state index >= 15 is 0 Å². The number of pyridine rings is 1. The summed E-state index contributed by atoms with van der Waals surface area (Å²) in [6.07, 6.45) is 9.14. The van der Waals surface area contributed by atoms with Gasteiger partial charge in [-0.05, 0) is 25.0 Å². The van der Waals surface area contributed by atoms with Crippen LogP contribution in [-0.4, -0.2) is 35.3 Å². The summed E-state index contributed by atoms with van der Waals surface area (Å²) >= 11 is 0. The van der Waals surface area contributed by atoms with Gasteiger partial charge in [0, 0.05) is 31.2 Å². The van der Waals surface area contributed by atoms with Crippen LogP contribution in [0.1, 0.15) is 19.3 Å². The second-order valence-electron chi connectivity index (χ2n) is 4.88. The molecule has 0 spiro atoms. The number of aromatic nitrogens is 1. The fourth-order valence-corrected chi connectivity index (χ4v) is 2.15. The van der Waals surface area contributed by atoms with Gasteiger partial charge in [-0.3, -0.25) is 9.78 Å². The molecule has 1 aliphatic rings. The van der Waals surface area contributed by atoms with E-state index < -0.39 is 0 Å². The van der Waals surface area contributed by atoms with Gasteiger partial charge in [-0.25, -0.2) is 0 Å². The summed E-state index contributed by atoms with van der Waals surface area (Å²) in [6, 6.07) is 3.70. The van der Waals surface area contributed by atoms with Crippen molar-refractivity contribution in [3.63, 3.8) is 0 Å². The van der Waals surface area contributed by atoms with Gasteiger partial charge >= 0.3 is 0 Å². The Kier molecular flexibility index (Phi) is 5.55. The van der Waals surface area contributed by atoms with E-state index in [-0.39, 0.29) is 24.5 Å². The van der Waals surface area contributed by atoms with E-state index in [1.807, 2.05) is 24.3 Å². The molecule has 0 aliphatic heterocycles. The number of ether oxygens (including phenoxy) is 1. The highest BCUT2D eigenvalue weighted by Gasteiger charge is 2.19. The van der Waals surface area contributed by atoms with Gasteiger partial charge in [-0.1, -0.05) is 12.2 Å². The summed E-state index contributed by atoms with van der Waals surface area (Å²) < 4.78 is 5.47. The van der Waals surface area contributed by atoms with Crippen LogP contribution in [0, 0.1) is 5.92 Å². The van der Waals surface area contributed by atoms with E-state index in [1.54, 1.807) is 12.4 Å². The molecule has 1 heterocycles. The lowest BCUT2D eigenvalue weighted by Gasteiger charge is -2.12. The second-order valence-corrected chi connectivity index (χ2v) is 4.88. The van der Waals surface area contributed by atoms with Crippen LogP contribution in [0.3, 0.4) is 0 Å². The van der Waals surface area contributed by atoms with Gasteiger partial charge in [0.25, 0.3) is 0 Å². The number of carbonyl (C=O) groups is 1. The fraction of sp³-hybridized carbons (Fsp3) is 0.467. The van der Waals surface area contributed by atoms with Gasteiger partial charge in [0.2, 0.25) is 5.91 Å². The summed E-state index contributed by atoms with van der Waals surface area (Å²) in [4.78, 5) is 15.7. The highest BCUT2D eigenvalue weighted by Crippen LogP contribution is 2.17. The third-order valence-electron chi connectivity index (χ3n) is 3.20. The first-order chi connectivity index (χ1) is 9.78. The third kappa shape index (κ3) is 4.66. The van der Waals surface area contributed by atoms with Crippen LogP contribution < -0.4 is 10.1 Å². The second kappa shape index (κ2) is 7.65. The summed E-state index contributed by atoms with van der Waals surface area (Å²) in [6.45, 7) is 0.640. The summed E-state index contributed by atoms with van der Waals surface area (Å²) in [5.74, 6) is 0.916. The molecule has 0 aromatic carbocycles. The molecule has 0 saturated carbocycles. The van der Waals surface area contributed by atoms with Crippen LogP contribution in [-0.2, 0) is 4.79 Å². The van der Waals surface area contributed by atoms with Crippen molar-refractivity contribution in [2.75, 3.05) is 13.2 Å². The number of carbonyl (C=O) groups excluding carboxylic acids is 1. The van der Waals surface area contributed by atoms with Gasteiger partial charge in [0.15, 0.2) is 0 Å². The largest absolute Gasteiger partial charge is 0.492 e. The van der Waals surface area contributed by atoms with E-state index in [1.165, 1.54) is 0 Å². The van der Waals surface area contributed by atoms with Crippen molar-refractivity contribution in [3.05, 3.63) is 36.7 Å². The molecule has 5 nitrogen and oxygen atoms in total. The molecule has 0 saturated heterocycles. The molecule has 1 aromatic heterocycles. The lowest BCUT2D eigenvalue weighted by atomic mass is 10.1. The van der Waals surface area contributed by atoms with Gasteiger partial charge in [0.05, 0.1) is 12.8 Å². The molecule has 1 aliphatic carbocycles. The molecule has 108 valence electrons. The summed E-state index contributed by atoms with van der Waals surface area (Å²) in [5.41, 5.74) is 0. The van der Waals surface area contributed by atoms with Crippen LogP contribution in [0.4, 0.5) is 0 Å². The monoisotopic (exact) mass is 276 g/mol. The Labute approximate surface area is 118 Å². The van der Waals surface area contributed by atoms with E-state index in [0.29, 0.717) is 19.4 Å². The number of amides is 1. The Morgan fingerprint density at radius 2 is 2.40 bits per heavy atom. The van der Waals surface area contributed by atoms with Crippen molar-refractivity contribution in [1.82, 2.24) is 10.3 Å². The van der Waals surface area contributed by atoms with Crippen molar-refractivity contribution < 1.29 is 14.6 Å². The Balaban J connectivity index is 1.58. The predicted molar refractivity (Wildman–Crippen MR) is 75.2 cm³/mol. The van der Waals surface area contributed by atoms with Crippen LogP contribution in [0.5, 0.6) is 5.75 Å². The molecule has 2 atom stereocenters. The van der Waals surface area contributed by atoms with E-state index in [0.717, 1.165) is 12.2 Å². The zero-order chi connectivity index (χ0) is 14.2. The maximum Gasteiger partial charge on any atom is 0.220 e. The summed E-state index contributed by atoms with van der Waals surface area (Å²) in [7, 11) is 0. The highest BCUT2D eigenvalue weighted by molar-refractivity contribution is 5.76. The zero-order valence-electron chi connectivity index (χ0n) is 11.4. The molecule has 2 rings (SSSR count). The minimum absolute atomic E-state index is 0.0213. The average Bonchev–Trinajstić information content (AvgIpc) is 2.92. The molecule has 0 unspecified atom stereocenters. The number of nitrogens with zero attached hydrogens (tertiary/aromatic N) is 1. The average molecular weight is 276 g/mol. The summed E-state index contributed by atoms with van der Waals surface area (Å²) in [5, 5.41) is 12.0. The number of rotatable bonds is 7. The Morgan fingerprint density at radius 3 is 3.10 bits per heavy atom. The number of nitrogens with one attached hydrogen (secondary N) is 1. The number of aliphatic hydroxyl groups is 1. The Bertz CT molecular complexity index is 448. The van der Waals surface area contributed by atoms with E-state index in [9.17, 15) is 4.79 Å². The van der Waals surface area contributed by atoms with E-state index in [4.69, 9.17) is 9.84 Å². The lowest BCUT2D eigenvalue weighted by Crippen LogP contribution is -2.32. The Morgan fingerprint density at radius 1 is 1.50 bits per heavy atom. The van der Waals surface area contributed by atoms with Crippen LogP contribution in [0.25, 0.3) is 0 Å². The normalized spacial score (nSPS) is 20.9. The number of aliphatic hydroxyl groups excluding tert-OH is 1. The molecule has 1 amide bonds. The van der Waals surface area contributed by atoms with Gasteiger partial charge in [-0.15, -0.1) is 0 Å². The minimum atomic E-state index is 0.0213. The molecule has 0 radical (unpaired) electrons. The van der Waals surface area contributed by atoms with Crippen molar-refractivity contribution in [1.29, 1.82) is 0 Å². The molecule has 1 aromatic rings. The van der Waals surface area contributed by atoms with Crippen molar-refractivity contribution in [2.24, 2.45) is 5.92 Å². The topological polar surface area (TPSA) is 71.5 Å². The molecule has 20 heavy (non-hydrogen) atoms. The van der Waals surface area contributed by atoms with Crippen LogP contribution >= 0.6 is 0 Å². The SMILES string of the molecule is O=C(CCCOc1cccnc1)N[C@@H]1C=C[C@H](CO)C1. The first-order valence-electron chi connectivity index (χ1n) is 6.89. The molecule has 5 heteroatoms. The minimum Gasteiger partial charge on any atom is -0.492 e. The molecular formula is C15H20N2O3. The number of hydrogen-bond acceptors (Lipinski definition) is 4. The van der Waals surface area contributed by atoms with E-state index in [2.05, 4.69) is 10.3 Å². The van der Waals surface area contributed by atoms with Crippen LogP contribution in [0.15, 0.2) is 36.7 Å². The fourth-order valence-electron chi connectivity index (χ4n) is 2.15. The zero-order valence-corrected chi connectivity index (χ0v) is 11.4. The first-order valence-corrected chi connectivity index (χ1v) is 6.89. The first kappa shape index (κ1) is 14.5. The van der Waals surface area contributed by atoms with Gasteiger partial charge in [-0.2, -0.15) is 0 Å². The lowest BCUT2D eigenvalue weighted by molar-refractivity contribution is -0.121. The van der Waals surface area contributed by atoms with Crippen molar-refractivity contribution >= 4 is 5.91 Å². The Hall–Kier alpha value is -1.88. The molecule has 2 N–H and O–H groups in total. The molecule has 0 fully saturated rings. The maximum absolute atomic E-state index is 11.7. The smallest absolute Gasteiger partial charge is 0.220 e. The number of hydrogen-bond donors (Lipinski definition) is 2. The molecular weight excluding hydrogens is 256 g/mol. The van der Waals surface area contributed by atoms with Crippen molar-refractivity contribution in [2.45, 2.75) is 25.3 Å². The maximum atomic E-state index is 11.7. The third-order valence-corrected chi connectivity index (χ3v) is 3.20. The quantitative estimate of drug-likeness (QED) is 0.581. The molecule has 0 bridgehead atoms. The standard InChI is InChI=1S/C15H20N2O3/c18-11-12-5-6-13(9-12)17-15(19)4-2-8-20-14-3-1-7-16-10-14/h1,3,5-7,10,12-13,18H,2,4,8-9,11H2,(H,17,19)/t12-,13+/m0/s1. The van der Waals surface area contributed by atoms with Gasteiger partial charge < -0.3 is 15.2 Å². The highest BCUT2D eigenvalue weighted by atomic mass is 16.5. The van der Waals surface area contributed by atoms with Gasteiger partial charge in [0.1, 0.15) is 5.75 Å². The predicted octanol–water partition coefficient (Wildman–Crippen LogP) is 1.29. The van der Waals surface area contributed by atoms with Crippen LogP contribution in [0.2, 0.25) is 0 Å². The van der Waals surface area contributed by atoms with Crippen molar-refractivity contribution in [3.8, 4) is 5.75 Å².